The van der Waals surface area contributed by atoms with Gasteiger partial charge in [-0.2, -0.15) is 0 Å². The molecule has 3 aromatic rings. The summed E-state index contributed by atoms with van der Waals surface area (Å²) in [5.74, 6) is -1.17. The maximum absolute atomic E-state index is 12.7. The van der Waals surface area contributed by atoms with Crippen molar-refractivity contribution in [1.29, 1.82) is 0 Å². The Morgan fingerprint density at radius 2 is 1.72 bits per heavy atom. The van der Waals surface area contributed by atoms with Crippen molar-refractivity contribution in [2.75, 3.05) is 6.26 Å². The molecule has 1 unspecified atom stereocenters. The van der Waals surface area contributed by atoms with Crippen LogP contribution in [-0.4, -0.2) is 27.6 Å². The van der Waals surface area contributed by atoms with Crippen molar-refractivity contribution in [3.8, 4) is 0 Å². The molecular weight excluding hydrogens is 348 g/mol. The minimum absolute atomic E-state index is 0.0571. The number of carboxylic acid groups (broad SMARTS) is 1. The first kappa shape index (κ1) is 16.7. The van der Waals surface area contributed by atoms with E-state index in [1.165, 1.54) is 42.7 Å². The third-order valence-electron chi connectivity index (χ3n) is 3.59. The van der Waals surface area contributed by atoms with E-state index >= 15 is 0 Å². The average Bonchev–Trinajstić information content (AvgIpc) is 2.53. The second-order valence-electron chi connectivity index (χ2n) is 5.34. The zero-order valence-corrected chi connectivity index (χ0v) is 13.7. The molecule has 3 rings (SSSR count). The van der Waals surface area contributed by atoms with Gasteiger partial charge in [0.25, 0.3) is 0 Å². The number of benzene rings is 2. The summed E-state index contributed by atoms with van der Waals surface area (Å²) < 4.78 is 21.5. The predicted molar refractivity (Wildman–Crippen MR) is 91.3 cm³/mol. The van der Waals surface area contributed by atoms with Gasteiger partial charge < -0.3 is 15.3 Å². The highest BCUT2D eigenvalue weighted by molar-refractivity contribution is 7.93. The van der Waals surface area contributed by atoms with Gasteiger partial charge in [0.1, 0.15) is 11.2 Å². The lowest BCUT2D eigenvalue weighted by molar-refractivity contribution is 0.0697. The standard InChI is InChI=1S/C16H12N2O6S/c1-25(23,18-16(17)22)9-3-5-13-11(7-9)14(19)10-6-8(15(20)21)2-4-12(10)24-13/h2-7H,1H3,(H2,17,22)(H,20,21). The molecule has 1 aromatic heterocycles. The van der Waals surface area contributed by atoms with Crippen molar-refractivity contribution in [2.24, 2.45) is 10.1 Å². The first-order valence-corrected chi connectivity index (χ1v) is 8.87. The molecule has 0 aliphatic heterocycles. The molecule has 25 heavy (non-hydrogen) atoms. The molecule has 2 aromatic carbocycles. The second kappa shape index (κ2) is 5.71. The molecule has 0 aliphatic rings. The zero-order valence-electron chi connectivity index (χ0n) is 12.9. The van der Waals surface area contributed by atoms with Crippen LogP contribution in [0.2, 0.25) is 0 Å². The molecule has 0 bridgehead atoms. The molecule has 0 aliphatic carbocycles. The fraction of sp³-hybridized carbons (Fsp3) is 0.0625. The summed E-state index contributed by atoms with van der Waals surface area (Å²) in [4.78, 5) is 34.9. The summed E-state index contributed by atoms with van der Waals surface area (Å²) in [6.07, 6.45) is 1.23. The molecule has 0 saturated carbocycles. The van der Waals surface area contributed by atoms with Crippen molar-refractivity contribution in [2.45, 2.75) is 4.90 Å². The summed E-state index contributed by atoms with van der Waals surface area (Å²) in [7, 11) is -3.12. The number of fused-ring (bicyclic) bond motifs is 2. The number of hydrogen-bond acceptors (Lipinski definition) is 5. The van der Waals surface area contributed by atoms with E-state index < -0.39 is 27.2 Å². The molecule has 1 atom stereocenters. The highest BCUT2D eigenvalue weighted by Gasteiger charge is 2.14. The van der Waals surface area contributed by atoms with Crippen LogP contribution in [0.25, 0.3) is 21.9 Å². The van der Waals surface area contributed by atoms with E-state index in [0.29, 0.717) is 0 Å². The van der Waals surface area contributed by atoms with Crippen LogP contribution < -0.4 is 11.2 Å². The quantitative estimate of drug-likeness (QED) is 0.671. The highest BCUT2D eigenvalue weighted by atomic mass is 32.2. The fourth-order valence-corrected chi connectivity index (χ4v) is 3.53. The minimum Gasteiger partial charge on any atom is -0.478 e. The third-order valence-corrected chi connectivity index (χ3v) is 5.25. The maximum atomic E-state index is 12.7. The van der Waals surface area contributed by atoms with E-state index in [2.05, 4.69) is 4.36 Å². The number of urea groups is 1. The summed E-state index contributed by atoms with van der Waals surface area (Å²) in [5.41, 5.74) is 4.89. The van der Waals surface area contributed by atoms with Gasteiger partial charge >= 0.3 is 12.0 Å². The number of primary amides is 1. The van der Waals surface area contributed by atoms with E-state index in [1.54, 1.807) is 0 Å². The molecule has 0 saturated heterocycles. The molecule has 0 fully saturated rings. The van der Waals surface area contributed by atoms with Crippen LogP contribution in [0.15, 0.2) is 54.9 Å². The summed E-state index contributed by atoms with van der Waals surface area (Å²) in [5, 5.41) is 9.24. The first-order valence-electron chi connectivity index (χ1n) is 6.94. The lowest BCUT2D eigenvalue weighted by Crippen LogP contribution is -2.10. The number of carbonyl (C=O) groups excluding carboxylic acids is 1. The number of rotatable bonds is 2. The maximum Gasteiger partial charge on any atom is 0.346 e. The SMILES string of the molecule is CS(=O)(=NC(N)=O)c1ccc2oc3ccc(C(=O)O)cc3c(=O)c2c1. The summed E-state index contributed by atoms with van der Waals surface area (Å²) in [6, 6.07) is 7.05. The van der Waals surface area contributed by atoms with Crippen LogP contribution in [-0.2, 0) is 9.73 Å². The number of nitrogens with zero attached hydrogens (tertiary/aromatic N) is 1. The Hall–Kier alpha value is -3.20. The highest BCUT2D eigenvalue weighted by Crippen LogP contribution is 2.23. The van der Waals surface area contributed by atoms with Crippen molar-refractivity contribution in [3.63, 3.8) is 0 Å². The van der Waals surface area contributed by atoms with Gasteiger partial charge in [0, 0.05) is 11.2 Å². The Bertz CT molecular complexity index is 1230. The van der Waals surface area contributed by atoms with E-state index in [9.17, 15) is 18.6 Å². The predicted octanol–water partition coefficient (Wildman–Crippen LogP) is 2.18. The number of carboxylic acids is 1. The minimum atomic E-state index is -3.12. The van der Waals surface area contributed by atoms with Crippen molar-refractivity contribution in [1.82, 2.24) is 0 Å². The zero-order chi connectivity index (χ0) is 18.4. The van der Waals surface area contributed by atoms with Crippen molar-refractivity contribution >= 4 is 43.7 Å². The molecule has 3 N–H and O–H groups in total. The van der Waals surface area contributed by atoms with E-state index in [0.717, 1.165) is 0 Å². The van der Waals surface area contributed by atoms with Crippen molar-refractivity contribution in [3.05, 3.63) is 52.2 Å². The Morgan fingerprint density at radius 3 is 2.32 bits per heavy atom. The first-order chi connectivity index (χ1) is 11.7. The number of nitrogens with two attached hydrogens (primary N) is 1. The van der Waals surface area contributed by atoms with Gasteiger partial charge in [-0.1, -0.05) is 0 Å². The lowest BCUT2D eigenvalue weighted by Gasteiger charge is -2.06. The van der Waals surface area contributed by atoms with Gasteiger partial charge in [-0.05, 0) is 36.4 Å². The van der Waals surface area contributed by atoms with Crippen LogP contribution in [0.5, 0.6) is 0 Å². The van der Waals surface area contributed by atoms with Gasteiger partial charge in [-0.15, -0.1) is 4.36 Å². The van der Waals surface area contributed by atoms with Gasteiger partial charge in [0.2, 0.25) is 5.43 Å². The fourth-order valence-electron chi connectivity index (χ4n) is 2.43. The van der Waals surface area contributed by atoms with Gasteiger partial charge in [0.15, 0.2) is 0 Å². The molecular formula is C16H12N2O6S. The molecule has 1 heterocycles. The number of amides is 2. The third kappa shape index (κ3) is 2.96. The average molecular weight is 360 g/mol. The molecule has 8 nitrogen and oxygen atoms in total. The summed E-state index contributed by atoms with van der Waals surface area (Å²) >= 11 is 0. The molecule has 9 heteroatoms. The van der Waals surface area contributed by atoms with E-state index in [-0.39, 0.29) is 32.4 Å². The van der Waals surface area contributed by atoms with Gasteiger partial charge in [0.05, 0.1) is 26.1 Å². The summed E-state index contributed by atoms with van der Waals surface area (Å²) in [6.45, 7) is 0. The number of carbonyl (C=O) groups is 2. The molecule has 0 spiro atoms. The number of hydrogen-bond donors (Lipinski definition) is 2. The normalized spacial score (nSPS) is 13.5. The Labute approximate surface area is 141 Å². The Balaban J connectivity index is 2.36. The topological polar surface area (TPSA) is 140 Å². The molecule has 2 amide bonds. The Kier molecular flexibility index (Phi) is 3.80. The van der Waals surface area contributed by atoms with Crippen LogP contribution >= 0.6 is 0 Å². The van der Waals surface area contributed by atoms with E-state index in [1.807, 2.05) is 0 Å². The second-order valence-corrected chi connectivity index (χ2v) is 7.60. The molecule has 128 valence electrons. The number of aromatic carboxylic acids is 1. The van der Waals surface area contributed by atoms with Crippen LogP contribution in [0.1, 0.15) is 10.4 Å². The van der Waals surface area contributed by atoms with E-state index in [4.69, 9.17) is 15.3 Å². The van der Waals surface area contributed by atoms with Gasteiger partial charge in [-0.25, -0.2) is 13.8 Å². The lowest BCUT2D eigenvalue weighted by atomic mass is 10.1. The van der Waals surface area contributed by atoms with Crippen molar-refractivity contribution < 1.29 is 23.3 Å². The Morgan fingerprint density at radius 1 is 1.12 bits per heavy atom. The van der Waals surface area contributed by atoms with Crippen LogP contribution in [0.3, 0.4) is 0 Å². The van der Waals surface area contributed by atoms with Crippen LogP contribution in [0, 0.1) is 0 Å². The monoisotopic (exact) mass is 360 g/mol. The van der Waals surface area contributed by atoms with Crippen LogP contribution in [0.4, 0.5) is 4.79 Å². The van der Waals surface area contributed by atoms with Gasteiger partial charge in [-0.3, -0.25) is 4.79 Å². The largest absolute Gasteiger partial charge is 0.478 e. The molecule has 0 radical (unpaired) electrons. The smallest absolute Gasteiger partial charge is 0.346 e.